The summed E-state index contributed by atoms with van der Waals surface area (Å²) in [5.41, 5.74) is 1.76. The number of H-pyrrole nitrogens is 2. The number of aromatic nitrogens is 2. The van der Waals surface area contributed by atoms with Gasteiger partial charge in [-0.3, -0.25) is 19.4 Å². The molecule has 0 bridgehead atoms. The second-order valence-electron chi connectivity index (χ2n) is 7.28. The van der Waals surface area contributed by atoms with Crippen molar-refractivity contribution in [2.45, 2.75) is 18.9 Å². The fraction of sp³-hybridized carbons (Fsp3) is 0.500. The molecule has 1 saturated heterocycles. The fourth-order valence-corrected chi connectivity index (χ4v) is 3.32. The molecule has 2 aliphatic rings. The van der Waals surface area contributed by atoms with E-state index in [1.807, 2.05) is 0 Å². The lowest BCUT2D eigenvalue weighted by atomic mass is 10.2. The van der Waals surface area contributed by atoms with Gasteiger partial charge in [-0.2, -0.15) is 0 Å². The molecule has 1 aliphatic heterocycles. The van der Waals surface area contributed by atoms with Crippen molar-refractivity contribution in [2.75, 3.05) is 44.6 Å². The van der Waals surface area contributed by atoms with Gasteiger partial charge in [0.2, 0.25) is 11.8 Å². The van der Waals surface area contributed by atoms with Crippen LogP contribution >= 0.6 is 0 Å². The maximum Gasteiger partial charge on any atom is 0.323 e. The number of aromatic amines is 2. The number of carbonyl (C=O) groups is 2. The monoisotopic (exact) mass is 372 g/mol. The number of piperazine rings is 1. The minimum atomic E-state index is -0.267. The number of benzene rings is 1. The van der Waals surface area contributed by atoms with Gasteiger partial charge in [-0.1, -0.05) is 0 Å². The van der Waals surface area contributed by atoms with Crippen LogP contribution in [0.2, 0.25) is 0 Å². The van der Waals surface area contributed by atoms with E-state index >= 15 is 0 Å². The average Bonchev–Trinajstić information content (AvgIpc) is 3.35. The lowest BCUT2D eigenvalue weighted by molar-refractivity contribution is -0.123. The first-order chi connectivity index (χ1) is 13.0. The number of imidazole rings is 1. The van der Waals surface area contributed by atoms with Crippen molar-refractivity contribution in [2.24, 2.45) is 0 Å². The summed E-state index contributed by atoms with van der Waals surface area (Å²) in [4.78, 5) is 45.0. The minimum Gasteiger partial charge on any atom is -0.352 e. The predicted molar refractivity (Wildman–Crippen MR) is 102 cm³/mol. The van der Waals surface area contributed by atoms with Crippen LogP contribution in [-0.2, 0) is 9.59 Å². The third kappa shape index (κ3) is 4.75. The van der Waals surface area contributed by atoms with Crippen LogP contribution in [0.5, 0.6) is 0 Å². The minimum absolute atomic E-state index is 0.0906. The van der Waals surface area contributed by atoms with E-state index in [2.05, 4.69) is 30.4 Å². The molecule has 2 fully saturated rings. The summed E-state index contributed by atoms with van der Waals surface area (Å²) in [5, 5.41) is 5.87. The van der Waals surface area contributed by atoms with Crippen molar-refractivity contribution in [1.82, 2.24) is 25.1 Å². The van der Waals surface area contributed by atoms with Gasteiger partial charge in [-0.25, -0.2) is 4.79 Å². The summed E-state index contributed by atoms with van der Waals surface area (Å²) in [5.74, 6) is 0.00837. The van der Waals surface area contributed by atoms with E-state index in [4.69, 9.17) is 0 Å². The summed E-state index contributed by atoms with van der Waals surface area (Å²) < 4.78 is 0. The number of nitrogens with one attached hydrogen (secondary N) is 4. The summed E-state index contributed by atoms with van der Waals surface area (Å²) in [6.45, 7) is 3.82. The summed E-state index contributed by atoms with van der Waals surface area (Å²) >= 11 is 0. The zero-order valence-electron chi connectivity index (χ0n) is 15.1. The van der Waals surface area contributed by atoms with E-state index in [0.717, 1.165) is 39.0 Å². The third-order valence-corrected chi connectivity index (χ3v) is 4.94. The normalized spacial score (nSPS) is 18.5. The molecular weight excluding hydrogens is 348 g/mol. The highest BCUT2D eigenvalue weighted by Gasteiger charge is 2.25. The van der Waals surface area contributed by atoms with Gasteiger partial charge in [0.1, 0.15) is 0 Å². The summed E-state index contributed by atoms with van der Waals surface area (Å²) in [6, 6.07) is 5.65. The highest BCUT2D eigenvalue weighted by atomic mass is 16.2. The van der Waals surface area contributed by atoms with Crippen LogP contribution in [0.25, 0.3) is 11.0 Å². The highest BCUT2D eigenvalue weighted by molar-refractivity contribution is 5.94. The Kier molecular flexibility index (Phi) is 4.95. The van der Waals surface area contributed by atoms with Crippen LogP contribution in [0.1, 0.15) is 12.8 Å². The van der Waals surface area contributed by atoms with E-state index in [0.29, 0.717) is 35.9 Å². The SMILES string of the molecule is O=C(CN1CCN(CC(=O)NC2CC2)CC1)Nc1ccc2[nH]c(=O)[nH]c2c1. The predicted octanol–water partition coefficient (Wildman–Crippen LogP) is -0.309. The first-order valence-electron chi connectivity index (χ1n) is 9.31. The number of amides is 2. The second kappa shape index (κ2) is 7.53. The Labute approximate surface area is 156 Å². The molecule has 9 nitrogen and oxygen atoms in total. The molecule has 1 aromatic heterocycles. The van der Waals surface area contributed by atoms with Crippen molar-refractivity contribution in [1.29, 1.82) is 0 Å². The van der Waals surface area contributed by atoms with Crippen molar-refractivity contribution in [3.05, 3.63) is 28.7 Å². The third-order valence-electron chi connectivity index (χ3n) is 4.94. The van der Waals surface area contributed by atoms with Crippen LogP contribution in [0, 0.1) is 0 Å². The molecule has 0 spiro atoms. The molecule has 4 N–H and O–H groups in total. The number of carbonyl (C=O) groups excluding carboxylic acids is 2. The standard InChI is InChI=1S/C18H24N6O3/c25-16(19-12-1-2-12)10-23-5-7-24(8-6-23)11-17(26)20-13-3-4-14-15(9-13)22-18(27)21-14/h3-4,9,12H,1-2,5-8,10-11H2,(H,19,25)(H,20,26)(H2,21,22,27). The van der Waals surface area contributed by atoms with Crippen molar-refractivity contribution in [3.63, 3.8) is 0 Å². The molecule has 27 heavy (non-hydrogen) atoms. The first kappa shape index (κ1) is 17.7. The van der Waals surface area contributed by atoms with Crippen LogP contribution in [0.4, 0.5) is 5.69 Å². The highest BCUT2D eigenvalue weighted by Crippen LogP contribution is 2.18. The van der Waals surface area contributed by atoms with Gasteiger partial charge in [0, 0.05) is 37.9 Å². The van der Waals surface area contributed by atoms with Crippen molar-refractivity contribution < 1.29 is 9.59 Å². The Morgan fingerprint density at radius 3 is 2.26 bits per heavy atom. The Morgan fingerprint density at radius 2 is 1.59 bits per heavy atom. The second-order valence-corrected chi connectivity index (χ2v) is 7.28. The van der Waals surface area contributed by atoms with Crippen LogP contribution in [0.3, 0.4) is 0 Å². The largest absolute Gasteiger partial charge is 0.352 e. The molecule has 144 valence electrons. The molecule has 0 unspecified atom stereocenters. The molecule has 9 heteroatoms. The number of fused-ring (bicyclic) bond motifs is 1. The van der Waals surface area contributed by atoms with E-state index in [1.54, 1.807) is 18.2 Å². The van der Waals surface area contributed by atoms with Gasteiger partial charge < -0.3 is 20.6 Å². The van der Waals surface area contributed by atoms with Crippen LogP contribution in [0.15, 0.2) is 23.0 Å². The van der Waals surface area contributed by atoms with Gasteiger partial charge in [-0.05, 0) is 31.0 Å². The molecule has 4 rings (SSSR count). The van der Waals surface area contributed by atoms with Gasteiger partial charge in [0.05, 0.1) is 24.1 Å². The Hall–Kier alpha value is -2.65. The molecular formula is C18H24N6O3. The average molecular weight is 372 g/mol. The molecule has 1 aromatic carbocycles. The zero-order chi connectivity index (χ0) is 18.8. The molecule has 2 aromatic rings. The number of hydrogen-bond donors (Lipinski definition) is 4. The van der Waals surface area contributed by atoms with Gasteiger partial charge in [0.15, 0.2) is 0 Å². The summed E-state index contributed by atoms with van der Waals surface area (Å²) in [7, 11) is 0. The van der Waals surface area contributed by atoms with E-state index in [9.17, 15) is 14.4 Å². The van der Waals surface area contributed by atoms with E-state index < -0.39 is 0 Å². The quantitative estimate of drug-likeness (QED) is 0.556. The number of hydrogen-bond acceptors (Lipinski definition) is 5. The number of nitrogens with zero attached hydrogens (tertiary/aromatic N) is 2. The molecule has 0 atom stereocenters. The molecule has 0 radical (unpaired) electrons. The van der Waals surface area contributed by atoms with Gasteiger partial charge in [-0.15, -0.1) is 0 Å². The number of rotatable bonds is 6. The zero-order valence-corrected chi connectivity index (χ0v) is 15.1. The lowest BCUT2D eigenvalue weighted by Gasteiger charge is -2.33. The lowest BCUT2D eigenvalue weighted by Crippen LogP contribution is -2.51. The van der Waals surface area contributed by atoms with Crippen molar-refractivity contribution >= 4 is 28.5 Å². The van der Waals surface area contributed by atoms with E-state index in [-0.39, 0.29) is 17.5 Å². The molecule has 1 aliphatic carbocycles. The maximum atomic E-state index is 12.3. The Morgan fingerprint density at radius 1 is 0.963 bits per heavy atom. The summed E-state index contributed by atoms with van der Waals surface area (Å²) in [6.07, 6.45) is 2.20. The molecule has 2 amide bonds. The van der Waals surface area contributed by atoms with Gasteiger partial charge in [0.25, 0.3) is 0 Å². The molecule has 2 heterocycles. The van der Waals surface area contributed by atoms with E-state index in [1.165, 1.54) is 0 Å². The maximum absolute atomic E-state index is 12.3. The van der Waals surface area contributed by atoms with Crippen LogP contribution in [-0.4, -0.2) is 76.9 Å². The topological polar surface area (TPSA) is 113 Å². The smallest absolute Gasteiger partial charge is 0.323 e. The molecule has 1 saturated carbocycles. The fourth-order valence-electron chi connectivity index (χ4n) is 3.32. The van der Waals surface area contributed by atoms with Crippen molar-refractivity contribution in [3.8, 4) is 0 Å². The van der Waals surface area contributed by atoms with Crippen LogP contribution < -0.4 is 16.3 Å². The number of anilines is 1. The van der Waals surface area contributed by atoms with Gasteiger partial charge >= 0.3 is 5.69 Å². The Balaban J connectivity index is 1.22. The first-order valence-corrected chi connectivity index (χ1v) is 9.31. The Bertz CT molecular complexity index is 892.